The Labute approximate surface area is 91.3 Å². The first kappa shape index (κ1) is 10.7. The molecule has 1 N–H and O–H groups in total. The molecule has 0 amide bonds. The maximum Gasteiger partial charge on any atom is 0.180 e. The Bertz CT molecular complexity index is 293. The van der Waals surface area contributed by atoms with Gasteiger partial charge in [-0.1, -0.05) is 20.3 Å². The van der Waals surface area contributed by atoms with Gasteiger partial charge in [0.25, 0.3) is 0 Å². The molecule has 84 valence electrons. The summed E-state index contributed by atoms with van der Waals surface area (Å²) in [6.45, 7) is 5.52. The normalized spacial score (nSPS) is 25.3. The van der Waals surface area contributed by atoms with E-state index in [1.54, 1.807) is 6.20 Å². The van der Waals surface area contributed by atoms with E-state index in [1.165, 1.54) is 32.1 Å². The second-order valence-electron chi connectivity index (χ2n) is 5.31. The van der Waals surface area contributed by atoms with Crippen LogP contribution in [0.3, 0.4) is 0 Å². The lowest BCUT2D eigenvalue weighted by atomic mass is 9.75. The topological polar surface area (TPSA) is 38.1 Å². The monoisotopic (exact) mass is 208 g/mol. The minimum atomic E-state index is 0.497. The summed E-state index contributed by atoms with van der Waals surface area (Å²) in [4.78, 5) is 3.91. The SMILES string of the molecule is CC1(C)CCCC(NCc2cnco2)C1. The van der Waals surface area contributed by atoms with E-state index >= 15 is 0 Å². The van der Waals surface area contributed by atoms with Gasteiger partial charge in [-0.2, -0.15) is 0 Å². The molecular weight excluding hydrogens is 188 g/mol. The van der Waals surface area contributed by atoms with Gasteiger partial charge in [0.1, 0.15) is 5.76 Å². The Hall–Kier alpha value is -0.830. The van der Waals surface area contributed by atoms with Gasteiger partial charge in [-0.15, -0.1) is 0 Å². The smallest absolute Gasteiger partial charge is 0.180 e. The third kappa shape index (κ3) is 3.06. The molecule has 0 radical (unpaired) electrons. The Balaban J connectivity index is 1.80. The summed E-state index contributed by atoms with van der Waals surface area (Å²) in [5.74, 6) is 0.929. The van der Waals surface area contributed by atoms with Crippen molar-refractivity contribution in [2.75, 3.05) is 0 Å². The highest BCUT2D eigenvalue weighted by atomic mass is 16.3. The number of oxazole rings is 1. The van der Waals surface area contributed by atoms with Crippen LogP contribution in [0.2, 0.25) is 0 Å². The summed E-state index contributed by atoms with van der Waals surface area (Å²) >= 11 is 0. The minimum absolute atomic E-state index is 0.497. The molecule has 1 unspecified atom stereocenters. The van der Waals surface area contributed by atoms with Crippen LogP contribution in [0.15, 0.2) is 17.0 Å². The van der Waals surface area contributed by atoms with Crippen molar-refractivity contribution in [1.82, 2.24) is 10.3 Å². The molecule has 15 heavy (non-hydrogen) atoms. The molecule has 1 aromatic heterocycles. The highest BCUT2D eigenvalue weighted by Gasteiger charge is 2.27. The second kappa shape index (κ2) is 4.35. The van der Waals surface area contributed by atoms with Gasteiger partial charge >= 0.3 is 0 Å². The Morgan fingerprint density at radius 3 is 3.13 bits per heavy atom. The molecule has 0 spiro atoms. The molecule has 0 aromatic carbocycles. The highest BCUT2D eigenvalue weighted by Crippen LogP contribution is 2.35. The molecule has 1 aliphatic rings. The van der Waals surface area contributed by atoms with Crippen LogP contribution < -0.4 is 5.32 Å². The van der Waals surface area contributed by atoms with Crippen molar-refractivity contribution in [1.29, 1.82) is 0 Å². The van der Waals surface area contributed by atoms with Crippen molar-refractivity contribution in [3.8, 4) is 0 Å². The fraction of sp³-hybridized carbons (Fsp3) is 0.750. The predicted molar refractivity (Wildman–Crippen MR) is 59.4 cm³/mol. The molecule has 1 aliphatic carbocycles. The van der Waals surface area contributed by atoms with E-state index in [0.717, 1.165) is 12.3 Å². The third-order valence-corrected chi connectivity index (χ3v) is 3.25. The minimum Gasteiger partial charge on any atom is -0.447 e. The maximum absolute atomic E-state index is 5.20. The number of hydrogen-bond donors (Lipinski definition) is 1. The summed E-state index contributed by atoms with van der Waals surface area (Å²) < 4.78 is 5.20. The van der Waals surface area contributed by atoms with Gasteiger partial charge in [0.2, 0.25) is 0 Å². The van der Waals surface area contributed by atoms with E-state index in [4.69, 9.17) is 4.42 Å². The lowest BCUT2D eigenvalue weighted by Crippen LogP contribution is -2.36. The van der Waals surface area contributed by atoms with Gasteiger partial charge in [0.05, 0.1) is 12.7 Å². The van der Waals surface area contributed by atoms with Crippen molar-refractivity contribution in [3.63, 3.8) is 0 Å². The molecule has 0 saturated heterocycles. The number of nitrogens with zero attached hydrogens (tertiary/aromatic N) is 1. The first-order valence-corrected chi connectivity index (χ1v) is 5.76. The Morgan fingerprint density at radius 2 is 2.47 bits per heavy atom. The highest BCUT2D eigenvalue weighted by molar-refractivity contribution is 4.90. The number of hydrogen-bond acceptors (Lipinski definition) is 3. The van der Waals surface area contributed by atoms with Crippen LogP contribution in [-0.2, 0) is 6.54 Å². The summed E-state index contributed by atoms with van der Waals surface area (Å²) in [5.41, 5.74) is 0.497. The van der Waals surface area contributed by atoms with E-state index in [9.17, 15) is 0 Å². The van der Waals surface area contributed by atoms with Crippen LogP contribution in [0.25, 0.3) is 0 Å². The molecule has 0 aliphatic heterocycles. The van der Waals surface area contributed by atoms with E-state index < -0.39 is 0 Å². The van der Waals surface area contributed by atoms with E-state index in [-0.39, 0.29) is 0 Å². The van der Waals surface area contributed by atoms with Crippen LogP contribution in [0, 0.1) is 5.41 Å². The van der Waals surface area contributed by atoms with Crippen molar-refractivity contribution in [2.24, 2.45) is 5.41 Å². The molecule has 0 bridgehead atoms. The van der Waals surface area contributed by atoms with Crippen molar-refractivity contribution in [2.45, 2.75) is 52.1 Å². The van der Waals surface area contributed by atoms with Gasteiger partial charge in [0.15, 0.2) is 6.39 Å². The fourth-order valence-electron chi connectivity index (χ4n) is 2.45. The first-order chi connectivity index (χ1) is 7.16. The lowest BCUT2D eigenvalue weighted by molar-refractivity contribution is 0.195. The summed E-state index contributed by atoms with van der Waals surface area (Å²) in [6, 6.07) is 0.638. The fourth-order valence-corrected chi connectivity index (χ4v) is 2.45. The molecular formula is C12H20N2O. The van der Waals surface area contributed by atoms with Crippen molar-refractivity contribution < 1.29 is 4.42 Å². The average Bonchev–Trinajstić information content (AvgIpc) is 2.65. The molecule has 2 rings (SSSR count). The zero-order valence-electron chi connectivity index (χ0n) is 9.62. The van der Waals surface area contributed by atoms with Gasteiger partial charge in [-0.05, 0) is 24.7 Å². The molecule has 3 nitrogen and oxygen atoms in total. The summed E-state index contributed by atoms with van der Waals surface area (Å²) in [6.07, 6.45) is 8.51. The molecule has 1 saturated carbocycles. The largest absolute Gasteiger partial charge is 0.447 e. The quantitative estimate of drug-likeness (QED) is 0.830. The molecule has 1 fully saturated rings. The average molecular weight is 208 g/mol. The van der Waals surface area contributed by atoms with Crippen LogP contribution >= 0.6 is 0 Å². The van der Waals surface area contributed by atoms with Crippen molar-refractivity contribution in [3.05, 3.63) is 18.4 Å². The van der Waals surface area contributed by atoms with E-state index in [2.05, 4.69) is 24.1 Å². The first-order valence-electron chi connectivity index (χ1n) is 5.76. The number of rotatable bonds is 3. The summed E-state index contributed by atoms with van der Waals surface area (Å²) in [7, 11) is 0. The maximum atomic E-state index is 5.20. The van der Waals surface area contributed by atoms with Crippen LogP contribution in [0.5, 0.6) is 0 Å². The van der Waals surface area contributed by atoms with Crippen LogP contribution in [0.1, 0.15) is 45.3 Å². The van der Waals surface area contributed by atoms with Gasteiger partial charge in [-0.25, -0.2) is 4.98 Å². The molecule has 1 heterocycles. The standard InChI is InChI=1S/C12H20N2O/c1-12(2)5-3-4-10(6-12)14-8-11-7-13-9-15-11/h7,9-10,14H,3-6,8H2,1-2H3. The molecule has 1 aromatic rings. The second-order valence-corrected chi connectivity index (χ2v) is 5.31. The molecule has 1 atom stereocenters. The van der Waals surface area contributed by atoms with E-state index in [1.807, 2.05) is 0 Å². The third-order valence-electron chi connectivity index (χ3n) is 3.25. The summed E-state index contributed by atoms with van der Waals surface area (Å²) in [5, 5.41) is 3.55. The zero-order valence-corrected chi connectivity index (χ0v) is 9.62. The van der Waals surface area contributed by atoms with Gasteiger partial charge in [-0.3, -0.25) is 0 Å². The van der Waals surface area contributed by atoms with Crippen LogP contribution in [0.4, 0.5) is 0 Å². The Morgan fingerprint density at radius 1 is 1.60 bits per heavy atom. The number of nitrogens with one attached hydrogen (secondary N) is 1. The predicted octanol–water partition coefficient (Wildman–Crippen LogP) is 2.73. The van der Waals surface area contributed by atoms with Crippen molar-refractivity contribution >= 4 is 0 Å². The van der Waals surface area contributed by atoms with E-state index in [0.29, 0.717) is 11.5 Å². The van der Waals surface area contributed by atoms with Gasteiger partial charge < -0.3 is 9.73 Å². The Kier molecular flexibility index (Phi) is 3.10. The lowest BCUT2D eigenvalue weighted by Gasteiger charge is -2.35. The van der Waals surface area contributed by atoms with Crippen LogP contribution in [-0.4, -0.2) is 11.0 Å². The number of aromatic nitrogens is 1. The molecule has 3 heteroatoms. The van der Waals surface area contributed by atoms with Gasteiger partial charge in [0, 0.05) is 6.04 Å². The zero-order chi connectivity index (χ0) is 10.7.